The first-order valence-corrected chi connectivity index (χ1v) is 9.01. The van der Waals surface area contributed by atoms with Gasteiger partial charge in [-0.15, -0.1) is 0 Å². The van der Waals surface area contributed by atoms with E-state index in [1.165, 1.54) is 5.56 Å². The van der Waals surface area contributed by atoms with E-state index in [2.05, 4.69) is 12.0 Å². The van der Waals surface area contributed by atoms with Gasteiger partial charge in [-0.3, -0.25) is 9.48 Å². The molecule has 134 valence electrons. The zero-order valence-corrected chi connectivity index (χ0v) is 15.5. The minimum atomic E-state index is -0.538. The molecule has 1 fully saturated rings. The van der Waals surface area contributed by atoms with E-state index >= 15 is 0 Å². The minimum Gasteiger partial charge on any atom is -0.364 e. The lowest BCUT2D eigenvalue weighted by atomic mass is 10.0. The molecule has 2 heterocycles. The van der Waals surface area contributed by atoms with Crippen LogP contribution in [0.4, 0.5) is 0 Å². The molecule has 0 unspecified atom stereocenters. The van der Waals surface area contributed by atoms with Crippen LogP contribution in [0, 0.1) is 13.8 Å². The summed E-state index contributed by atoms with van der Waals surface area (Å²) < 4.78 is 7.75. The minimum absolute atomic E-state index is 0.0539. The molecule has 5 nitrogen and oxygen atoms in total. The highest BCUT2D eigenvalue weighted by Crippen LogP contribution is 2.37. The first-order chi connectivity index (χ1) is 12.0. The maximum absolute atomic E-state index is 13.3. The number of aromatic nitrogens is 2. The van der Waals surface area contributed by atoms with E-state index in [-0.39, 0.29) is 11.9 Å². The number of carbonyl (C=O) groups excluding carboxylic acids is 1. The second kappa shape index (κ2) is 7.40. The van der Waals surface area contributed by atoms with E-state index in [1.54, 1.807) is 0 Å². The number of ether oxygens (including phenoxy) is 1. The zero-order valence-electron chi connectivity index (χ0n) is 15.5. The van der Waals surface area contributed by atoms with Crippen molar-refractivity contribution in [2.24, 2.45) is 7.05 Å². The lowest BCUT2D eigenvalue weighted by molar-refractivity contribution is -0.145. The molecule has 5 heteroatoms. The molecule has 2 atom stereocenters. The molecule has 1 aromatic heterocycles. The third kappa shape index (κ3) is 3.33. The topological polar surface area (TPSA) is 47.4 Å². The van der Waals surface area contributed by atoms with Gasteiger partial charge in [-0.2, -0.15) is 5.10 Å². The number of hydrogen-bond acceptors (Lipinski definition) is 3. The van der Waals surface area contributed by atoms with Crippen LogP contribution in [0.15, 0.2) is 30.3 Å². The molecular weight excluding hydrogens is 314 g/mol. The molecule has 0 saturated carbocycles. The largest absolute Gasteiger partial charge is 0.364 e. The maximum atomic E-state index is 13.3. The van der Waals surface area contributed by atoms with Crippen molar-refractivity contribution in [1.29, 1.82) is 0 Å². The molecule has 0 spiro atoms. The van der Waals surface area contributed by atoms with Gasteiger partial charge < -0.3 is 9.64 Å². The Balaban J connectivity index is 1.91. The Morgan fingerprint density at radius 1 is 1.32 bits per heavy atom. The van der Waals surface area contributed by atoms with Crippen molar-refractivity contribution in [1.82, 2.24) is 14.7 Å². The molecule has 1 aliphatic heterocycles. The molecule has 1 saturated heterocycles. The fourth-order valence-corrected chi connectivity index (χ4v) is 3.86. The van der Waals surface area contributed by atoms with Crippen molar-refractivity contribution in [2.75, 3.05) is 13.2 Å². The van der Waals surface area contributed by atoms with E-state index in [0.29, 0.717) is 6.61 Å². The summed E-state index contributed by atoms with van der Waals surface area (Å²) in [7, 11) is 1.96. The molecular formula is C20H27N3O2. The fraction of sp³-hybridized carbons (Fsp3) is 0.500. The smallest absolute Gasteiger partial charge is 0.256 e. The van der Waals surface area contributed by atoms with Crippen molar-refractivity contribution in [3.63, 3.8) is 0 Å². The van der Waals surface area contributed by atoms with Gasteiger partial charge in [0.05, 0.1) is 11.7 Å². The van der Waals surface area contributed by atoms with Gasteiger partial charge in [0.15, 0.2) is 6.10 Å². The Bertz CT molecular complexity index is 739. The first-order valence-electron chi connectivity index (χ1n) is 9.01. The molecule has 0 aliphatic carbocycles. The number of benzene rings is 1. The van der Waals surface area contributed by atoms with Crippen LogP contribution in [0.1, 0.15) is 54.4 Å². The van der Waals surface area contributed by atoms with Crippen LogP contribution in [0.5, 0.6) is 0 Å². The van der Waals surface area contributed by atoms with E-state index in [9.17, 15) is 4.79 Å². The standard InChI is InChI=1S/C20H27N3O2/c1-5-25-19(16-10-7-6-8-11-16)20(24)23-13-9-12-17(23)18-14(2)21-22(4)15(18)3/h6-8,10-11,17,19H,5,9,12-13H2,1-4H3/t17-,19+/m1/s1. The van der Waals surface area contributed by atoms with Crippen molar-refractivity contribution in [3.8, 4) is 0 Å². The maximum Gasteiger partial charge on any atom is 0.256 e. The zero-order chi connectivity index (χ0) is 18.0. The van der Waals surface area contributed by atoms with Gasteiger partial charge >= 0.3 is 0 Å². The van der Waals surface area contributed by atoms with Crippen LogP contribution < -0.4 is 0 Å². The average Bonchev–Trinajstić information content (AvgIpc) is 3.17. The Morgan fingerprint density at radius 2 is 2.04 bits per heavy atom. The molecule has 1 aromatic carbocycles. The van der Waals surface area contributed by atoms with Crippen LogP contribution in [-0.2, 0) is 16.6 Å². The van der Waals surface area contributed by atoms with Crippen LogP contribution in [0.25, 0.3) is 0 Å². The molecule has 3 rings (SSSR count). The number of carbonyl (C=O) groups is 1. The molecule has 25 heavy (non-hydrogen) atoms. The number of rotatable bonds is 5. The lowest BCUT2D eigenvalue weighted by Crippen LogP contribution is -2.36. The summed E-state index contributed by atoms with van der Waals surface area (Å²) in [4.78, 5) is 15.3. The Morgan fingerprint density at radius 3 is 2.64 bits per heavy atom. The van der Waals surface area contributed by atoms with E-state index in [1.807, 2.05) is 60.8 Å². The summed E-state index contributed by atoms with van der Waals surface area (Å²) >= 11 is 0. The average molecular weight is 341 g/mol. The van der Waals surface area contributed by atoms with Crippen molar-refractivity contribution >= 4 is 5.91 Å². The number of amides is 1. The molecule has 0 N–H and O–H groups in total. The van der Waals surface area contributed by atoms with E-state index < -0.39 is 6.10 Å². The number of aryl methyl sites for hydroxylation is 2. The summed E-state index contributed by atoms with van der Waals surface area (Å²) in [6.07, 6.45) is 1.45. The highest BCUT2D eigenvalue weighted by Gasteiger charge is 2.37. The molecule has 2 aromatic rings. The Labute approximate surface area is 149 Å². The van der Waals surface area contributed by atoms with E-state index in [4.69, 9.17) is 4.74 Å². The quantitative estimate of drug-likeness (QED) is 0.836. The normalized spacial score (nSPS) is 18.6. The number of hydrogen-bond donors (Lipinski definition) is 0. The molecule has 1 amide bonds. The fourth-order valence-electron chi connectivity index (χ4n) is 3.86. The van der Waals surface area contributed by atoms with Crippen molar-refractivity contribution in [3.05, 3.63) is 52.8 Å². The summed E-state index contributed by atoms with van der Waals surface area (Å²) in [5, 5.41) is 4.54. The highest BCUT2D eigenvalue weighted by atomic mass is 16.5. The SMILES string of the molecule is CCO[C@H](C(=O)N1CCC[C@@H]1c1c(C)nn(C)c1C)c1ccccc1. The van der Waals surface area contributed by atoms with Crippen LogP contribution in [0.3, 0.4) is 0 Å². The van der Waals surface area contributed by atoms with Gasteiger partial charge in [0.25, 0.3) is 5.91 Å². The summed E-state index contributed by atoms with van der Waals surface area (Å²) in [6.45, 7) is 7.32. The van der Waals surface area contributed by atoms with Gasteiger partial charge in [-0.05, 0) is 39.2 Å². The number of likely N-dealkylation sites (tertiary alicyclic amines) is 1. The van der Waals surface area contributed by atoms with Gasteiger partial charge in [-0.25, -0.2) is 0 Å². The van der Waals surface area contributed by atoms with Gasteiger partial charge in [0.1, 0.15) is 0 Å². The van der Waals surface area contributed by atoms with Crippen LogP contribution in [0.2, 0.25) is 0 Å². The first kappa shape index (κ1) is 17.7. The third-order valence-corrected chi connectivity index (χ3v) is 5.09. The molecule has 0 radical (unpaired) electrons. The Hall–Kier alpha value is -2.14. The van der Waals surface area contributed by atoms with Crippen LogP contribution in [-0.4, -0.2) is 33.7 Å². The second-order valence-electron chi connectivity index (χ2n) is 6.64. The summed E-state index contributed by atoms with van der Waals surface area (Å²) in [6, 6.07) is 9.87. The predicted molar refractivity (Wildman–Crippen MR) is 97.2 cm³/mol. The van der Waals surface area contributed by atoms with Crippen molar-refractivity contribution in [2.45, 2.75) is 45.8 Å². The highest BCUT2D eigenvalue weighted by molar-refractivity contribution is 5.83. The van der Waals surface area contributed by atoms with E-state index in [0.717, 1.165) is 36.3 Å². The third-order valence-electron chi connectivity index (χ3n) is 5.09. The number of nitrogens with zero attached hydrogens (tertiary/aromatic N) is 3. The second-order valence-corrected chi connectivity index (χ2v) is 6.64. The van der Waals surface area contributed by atoms with Crippen molar-refractivity contribution < 1.29 is 9.53 Å². The van der Waals surface area contributed by atoms with Gasteiger partial charge in [-0.1, -0.05) is 30.3 Å². The predicted octanol–water partition coefficient (Wildman–Crippen LogP) is 3.48. The van der Waals surface area contributed by atoms with Crippen LogP contribution >= 0.6 is 0 Å². The monoisotopic (exact) mass is 341 g/mol. The Kier molecular flexibility index (Phi) is 5.23. The molecule has 1 aliphatic rings. The summed E-state index contributed by atoms with van der Waals surface area (Å²) in [5.74, 6) is 0.0539. The van der Waals surface area contributed by atoms with Gasteiger partial charge in [0, 0.05) is 31.5 Å². The molecule has 0 bridgehead atoms. The summed E-state index contributed by atoms with van der Waals surface area (Å²) in [5.41, 5.74) is 4.25. The lowest BCUT2D eigenvalue weighted by Gasteiger charge is -2.29. The van der Waals surface area contributed by atoms with Gasteiger partial charge in [0.2, 0.25) is 0 Å².